The fraction of sp³-hybridized carbons (Fsp3) is 0.800. The Morgan fingerprint density at radius 3 is 2.50 bits per heavy atom. The molecule has 0 aliphatic heterocycles. The monoisotopic (exact) mass is 251 g/mol. The Balaban J connectivity index is 2.29. The Morgan fingerprint density at radius 1 is 1.17 bits per heavy atom. The zero-order valence-corrected chi connectivity index (χ0v) is 12.3. The van der Waals surface area contributed by atoms with Crippen molar-refractivity contribution in [3.05, 3.63) is 18.2 Å². The summed E-state index contributed by atoms with van der Waals surface area (Å²) in [5, 5.41) is 3.54. The largest absolute Gasteiger partial charge is 0.337 e. The summed E-state index contributed by atoms with van der Waals surface area (Å²) in [4.78, 5) is 4.46. The van der Waals surface area contributed by atoms with Crippen LogP contribution < -0.4 is 5.32 Å². The van der Waals surface area contributed by atoms with Crippen LogP contribution in [0.25, 0.3) is 0 Å². The summed E-state index contributed by atoms with van der Waals surface area (Å²) < 4.78 is 2.13. The van der Waals surface area contributed by atoms with E-state index < -0.39 is 0 Å². The lowest BCUT2D eigenvalue weighted by Gasteiger charge is -2.17. The van der Waals surface area contributed by atoms with Crippen LogP contribution in [-0.2, 0) is 7.05 Å². The molecule has 0 saturated heterocycles. The van der Waals surface area contributed by atoms with Gasteiger partial charge in [-0.15, -0.1) is 0 Å². The van der Waals surface area contributed by atoms with E-state index in [1.165, 1.54) is 50.8 Å². The van der Waals surface area contributed by atoms with Crippen LogP contribution in [0.4, 0.5) is 0 Å². The Hall–Kier alpha value is -0.830. The summed E-state index contributed by atoms with van der Waals surface area (Å²) >= 11 is 0. The summed E-state index contributed by atoms with van der Waals surface area (Å²) in [5.41, 5.74) is 0. The molecule has 104 valence electrons. The maximum atomic E-state index is 4.46. The van der Waals surface area contributed by atoms with Crippen molar-refractivity contribution in [2.45, 2.75) is 64.8 Å². The molecule has 1 aromatic heterocycles. The smallest absolute Gasteiger partial charge is 0.125 e. The van der Waals surface area contributed by atoms with Crippen molar-refractivity contribution >= 4 is 0 Å². The van der Waals surface area contributed by atoms with Crippen molar-refractivity contribution < 1.29 is 0 Å². The minimum absolute atomic E-state index is 0.418. The lowest BCUT2D eigenvalue weighted by molar-refractivity contribution is 0.449. The molecule has 1 aromatic rings. The lowest BCUT2D eigenvalue weighted by Crippen LogP contribution is -2.23. The molecule has 1 heterocycles. The second-order valence-electron chi connectivity index (χ2n) is 5.06. The van der Waals surface area contributed by atoms with Gasteiger partial charge in [-0.25, -0.2) is 4.98 Å². The fourth-order valence-corrected chi connectivity index (χ4v) is 2.41. The van der Waals surface area contributed by atoms with E-state index in [1.54, 1.807) is 0 Å². The molecular weight excluding hydrogens is 222 g/mol. The number of hydrogen-bond donors (Lipinski definition) is 1. The molecule has 0 bridgehead atoms. The first kappa shape index (κ1) is 15.2. The number of nitrogens with zero attached hydrogens (tertiary/aromatic N) is 2. The molecule has 0 fully saturated rings. The molecule has 0 saturated carbocycles. The zero-order valence-electron chi connectivity index (χ0n) is 12.3. The SMILES string of the molecule is CCCCCCCCC(NCC)c1nccn1C. The first-order valence-electron chi connectivity index (χ1n) is 7.50. The second kappa shape index (κ2) is 9.15. The third-order valence-electron chi connectivity index (χ3n) is 3.47. The van der Waals surface area contributed by atoms with Crippen molar-refractivity contribution in [1.29, 1.82) is 0 Å². The van der Waals surface area contributed by atoms with E-state index in [2.05, 4.69) is 35.8 Å². The van der Waals surface area contributed by atoms with Gasteiger partial charge >= 0.3 is 0 Å². The van der Waals surface area contributed by atoms with Gasteiger partial charge in [-0.05, 0) is 13.0 Å². The molecule has 0 aliphatic carbocycles. The van der Waals surface area contributed by atoms with Gasteiger partial charge in [0.1, 0.15) is 5.82 Å². The molecule has 3 heteroatoms. The lowest BCUT2D eigenvalue weighted by atomic mass is 10.1. The van der Waals surface area contributed by atoms with Crippen LogP contribution in [-0.4, -0.2) is 16.1 Å². The molecule has 0 aromatic carbocycles. The molecule has 1 atom stereocenters. The van der Waals surface area contributed by atoms with Gasteiger partial charge in [-0.2, -0.15) is 0 Å². The van der Waals surface area contributed by atoms with Crippen LogP contribution in [0.5, 0.6) is 0 Å². The number of hydrogen-bond acceptors (Lipinski definition) is 2. The number of aromatic nitrogens is 2. The minimum atomic E-state index is 0.418. The molecule has 3 nitrogen and oxygen atoms in total. The van der Waals surface area contributed by atoms with E-state index in [1.807, 2.05) is 12.4 Å². The number of aryl methyl sites for hydroxylation is 1. The van der Waals surface area contributed by atoms with Crippen molar-refractivity contribution in [3.8, 4) is 0 Å². The van der Waals surface area contributed by atoms with Crippen LogP contribution in [0.15, 0.2) is 12.4 Å². The molecule has 0 radical (unpaired) electrons. The fourth-order valence-electron chi connectivity index (χ4n) is 2.41. The second-order valence-corrected chi connectivity index (χ2v) is 5.06. The summed E-state index contributed by atoms with van der Waals surface area (Å²) in [6.07, 6.45) is 13.3. The van der Waals surface area contributed by atoms with Gasteiger partial charge in [0.05, 0.1) is 6.04 Å². The van der Waals surface area contributed by atoms with Gasteiger partial charge in [0.15, 0.2) is 0 Å². The number of imidazole rings is 1. The zero-order chi connectivity index (χ0) is 13.2. The normalized spacial score (nSPS) is 12.8. The Bertz CT molecular complexity index is 306. The molecule has 0 aliphatic rings. The van der Waals surface area contributed by atoms with E-state index in [-0.39, 0.29) is 0 Å². The third kappa shape index (κ3) is 5.21. The number of unbranched alkanes of at least 4 members (excludes halogenated alkanes) is 5. The molecule has 1 rings (SSSR count). The van der Waals surface area contributed by atoms with Gasteiger partial charge in [-0.1, -0.05) is 52.4 Å². The Kier molecular flexibility index (Phi) is 7.74. The van der Waals surface area contributed by atoms with Gasteiger partial charge < -0.3 is 9.88 Å². The molecule has 0 amide bonds. The van der Waals surface area contributed by atoms with Crippen molar-refractivity contribution in [2.24, 2.45) is 7.05 Å². The maximum Gasteiger partial charge on any atom is 0.125 e. The van der Waals surface area contributed by atoms with Gasteiger partial charge in [-0.3, -0.25) is 0 Å². The van der Waals surface area contributed by atoms with Crippen LogP contribution in [0.2, 0.25) is 0 Å². The molecule has 1 N–H and O–H groups in total. The van der Waals surface area contributed by atoms with Crippen LogP contribution >= 0.6 is 0 Å². The highest BCUT2D eigenvalue weighted by molar-refractivity contribution is 4.98. The van der Waals surface area contributed by atoms with Crippen molar-refractivity contribution in [3.63, 3.8) is 0 Å². The molecule has 1 unspecified atom stereocenters. The maximum absolute atomic E-state index is 4.46. The molecule has 0 spiro atoms. The van der Waals surface area contributed by atoms with E-state index in [0.717, 1.165) is 6.54 Å². The quantitative estimate of drug-likeness (QED) is 0.641. The van der Waals surface area contributed by atoms with E-state index in [4.69, 9.17) is 0 Å². The van der Waals surface area contributed by atoms with Crippen LogP contribution in [0, 0.1) is 0 Å². The molecular formula is C15H29N3. The molecule has 18 heavy (non-hydrogen) atoms. The highest BCUT2D eigenvalue weighted by atomic mass is 15.1. The van der Waals surface area contributed by atoms with Crippen molar-refractivity contribution in [1.82, 2.24) is 14.9 Å². The van der Waals surface area contributed by atoms with E-state index in [0.29, 0.717) is 6.04 Å². The van der Waals surface area contributed by atoms with Crippen LogP contribution in [0.1, 0.15) is 70.7 Å². The van der Waals surface area contributed by atoms with Crippen molar-refractivity contribution in [2.75, 3.05) is 6.54 Å². The van der Waals surface area contributed by atoms with Gasteiger partial charge in [0.2, 0.25) is 0 Å². The van der Waals surface area contributed by atoms with Crippen LogP contribution in [0.3, 0.4) is 0 Å². The van der Waals surface area contributed by atoms with E-state index >= 15 is 0 Å². The first-order chi connectivity index (χ1) is 8.79. The minimum Gasteiger partial charge on any atom is -0.337 e. The standard InChI is InChI=1S/C15H29N3/c1-4-6-7-8-9-10-11-14(16-5-2)15-17-12-13-18(15)3/h12-14,16H,4-11H2,1-3H3. The summed E-state index contributed by atoms with van der Waals surface area (Å²) in [5.74, 6) is 1.17. The Morgan fingerprint density at radius 2 is 1.89 bits per heavy atom. The predicted octanol–water partition coefficient (Wildman–Crippen LogP) is 3.82. The van der Waals surface area contributed by atoms with Gasteiger partial charge in [0.25, 0.3) is 0 Å². The summed E-state index contributed by atoms with van der Waals surface area (Å²) in [6, 6.07) is 0.418. The average molecular weight is 251 g/mol. The Labute approximate surface area is 112 Å². The highest BCUT2D eigenvalue weighted by Gasteiger charge is 2.13. The van der Waals surface area contributed by atoms with Gasteiger partial charge in [0, 0.05) is 19.4 Å². The number of nitrogens with one attached hydrogen (secondary N) is 1. The third-order valence-corrected chi connectivity index (χ3v) is 3.47. The van der Waals surface area contributed by atoms with E-state index in [9.17, 15) is 0 Å². The first-order valence-corrected chi connectivity index (χ1v) is 7.50. The number of rotatable bonds is 10. The average Bonchev–Trinajstić information content (AvgIpc) is 2.78. The summed E-state index contributed by atoms with van der Waals surface area (Å²) in [7, 11) is 2.08. The highest BCUT2D eigenvalue weighted by Crippen LogP contribution is 2.18. The summed E-state index contributed by atoms with van der Waals surface area (Å²) in [6.45, 7) is 5.44. The topological polar surface area (TPSA) is 29.9 Å². The predicted molar refractivity (Wildman–Crippen MR) is 77.6 cm³/mol.